The molecule has 0 bridgehead atoms. The summed E-state index contributed by atoms with van der Waals surface area (Å²) < 4.78 is 0. The molecule has 2 heterocycles. The van der Waals surface area contributed by atoms with Gasteiger partial charge < -0.3 is 11.5 Å². The predicted octanol–water partition coefficient (Wildman–Crippen LogP) is 2.07. The lowest BCUT2D eigenvalue weighted by atomic mass is 10.6. The first kappa shape index (κ1) is 10.9. The highest BCUT2D eigenvalue weighted by atomic mass is 32.1. The van der Waals surface area contributed by atoms with Crippen LogP contribution in [-0.4, -0.2) is 9.97 Å². The van der Waals surface area contributed by atoms with Gasteiger partial charge in [-0.1, -0.05) is 0 Å². The maximum Gasteiger partial charge on any atom is 0.180 e. The average Bonchev–Trinajstić information content (AvgIpc) is 2.63. The fourth-order valence-electron chi connectivity index (χ4n) is 0.744. The third-order valence-electron chi connectivity index (χ3n) is 1.28. The second-order valence-corrected chi connectivity index (χ2v) is 4.79. The summed E-state index contributed by atoms with van der Waals surface area (Å²) in [5.74, 6) is 0. The van der Waals surface area contributed by atoms with Gasteiger partial charge in [-0.15, -0.1) is 22.7 Å². The summed E-state index contributed by atoms with van der Waals surface area (Å²) in [6.45, 7) is 3.90. The molecule has 0 saturated carbocycles. The van der Waals surface area contributed by atoms with Gasteiger partial charge in [0, 0.05) is 16.5 Å². The molecule has 4 N–H and O–H groups in total. The van der Waals surface area contributed by atoms with E-state index >= 15 is 0 Å². The van der Waals surface area contributed by atoms with Gasteiger partial charge in [-0.2, -0.15) is 0 Å². The Kier molecular flexibility index (Phi) is 3.84. The van der Waals surface area contributed by atoms with Crippen molar-refractivity contribution in [2.45, 2.75) is 13.8 Å². The molecule has 0 aromatic carbocycles. The van der Waals surface area contributed by atoms with Crippen LogP contribution in [0.25, 0.3) is 0 Å². The van der Waals surface area contributed by atoms with Crippen molar-refractivity contribution in [2.24, 2.45) is 0 Å². The van der Waals surface area contributed by atoms with Crippen LogP contribution in [0, 0.1) is 13.8 Å². The smallest absolute Gasteiger partial charge is 0.180 e. The molecule has 0 unspecified atom stereocenters. The fraction of sp³-hybridized carbons (Fsp3) is 0.250. The second kappa shape index (κ2) is 4.92. The minimum atomic E-state index is 0.650. The van der Waals surface area contributed by atoms with Gasteiger partial charge in [-0.05, 0) is 13.8 Å². The fourth-order valence-corrected chi connectivity index (χ4v) is 1.83. The lowest BCUT2D eigenvalue weighted by Crippen LogP contribution is -1.80. The van der Waals surface area contributed by atoms with Crippen LogP contribution in [-0.2, 0) is 0 Å². The first-order valence-electron chi connectivity index (χ1n) is 3.93. The van der Waals surface area contributed by atoms with E-state index in [1.165, 1.54) is 22.7 Å². The molecule has 0 atom stereocenters. The SMILES string of the molecule is Cc1cnc(N)s1.Cc1csc(N)n1. The van der Waals surface area contributed by atoms with Crippen molar-refractivity contribution in [2.75, 3.05) is 11.5 Å². The Morgan fingerprint density at radius 1 is 1.21 bits per heavy atom. The molecule has 2 aromatic heterocycles. The monoisotopic (exact) mass is 228 g/mol. The van der Waals surface area contributed by atoms with Crippen LogP contribution >= 0.6 is 22.7 Å². The normalized spacial score (nSPS) is 9.29. The molecular weight excluding hydrogens is 216 g/mol. The van der Waals surface area contributed by atoms with E-state index in [0.717, 1.165) is 10.6 Å². The largest absolute Gasteiger partial charge is 0.375 e. The Hall–Kier alpha value is -1.14. The number of thiazole rings is 2. The van der Waals surface area contributed by atoms with Gasteiger partial charge in [0.05, 0.1) is 5.69 Å². The Morgan fingerprint density at radius 3 is 2.07 bits per heavy atom. The first-order chi connectivity index (χ1) is 6.58. The van der Waals surface area contributed by atoms with Gasteiger partial charge in [-0.3, -0.25) is 0 Å². The summed E-state index contributed by atoms with van der Waals surface area (Å²) in [4.78, 5) is 8.88. The third kappa shape index (κ3) is 3.71. The van der Waals surface area contributed by atoms with Crippen molar-refractivity contribution in [1.29, 1.82) is 0 Å². The lowest BCUT2D eigenvalue weighted by molar-refractivity contribution is 1.27. The number of hydrogen-bond donors (Lipinski definition) is 2. The number of nitrogen functional groups attached to an aromatic ring is 2. The molecule has 0 spiro atoms. The van der Waals surface area contributed by atoms with Gasteiger partial charge >= 0.3 is 0 Å². The van der Waals surface area contributed by atoms with E-state index in [2.05, 4.69) is 9.97 Å². The number of nitrogens with two attached hydrogens (primary N) is 2. The summed E-state index contributed by atoms with van der Waals surface area (Å²) in [5, 5.41) is 3.23. The van der Waals surface area contributed by atoms with Crippen LogP contribution in [0.15, 0.2) is 11.6 Å². The maximum absolute atomic E-state index is 5.29. The zero-order valence-electron chi connectivity index (χ0n) is 8.02. The summed E-state index contributed by atoms with van der Waals surface area (Å²) in [6, 6.07) is 0. The van der Waals surface area contributed by atoms with Gasteiger partial charge in [0.15, 0.2) is 10.3 Å². The van der Waals surface area contributed by atoms with Gasteiger partial charge in [0.2, 0.25) is 0 Å². The second-order valence-electron chi connectivity index (χ2n) is 2.64. The van der Waals surface area contributed by atoms with Gasteiger partial charge in [0.25, 0.3) is 0 Å². The molecule has 76 valence electrons. The van der Waals surface area contributed by atoms with E-state index < -0.39 is 0 Å². The number of rotatable bonds is 0. The van der Waals surface area contributed by atoms with Gasteiger partial charge in [0.1, 0.15) is 0 Å². The first-order valence-corrected chi connectivity index (χ1v) is 5.63. The number of hydrogen-bond acceptors (Lipinski definition) is 6. The molecule has 0 radical (unpaired) electrons. The molecular formula is C8H12N4S2. The highest BCUT2D eigenvalue weighted by molar-refractivity contribution is 7.15. The Labute approximate surface area is 90.6 Å². The lowest BCUT2D eigenvalue weighted by Gasteiger charge is -1.72. The predicted molar refractivity (Wildman–Crippen MR) is 62.5 cm³/mol. The quantitative estimate of drug-likeness (QED) is 0.723. The Bertz CT molecular complexity index is 322. The maximum atomic E-state index is 5.29. The summed E-state index contributed by atoms with van der Waals surface area (Å²) in [6.07, 6.45) is 1.76. The number of nitrogens with zero attached hydrogens (tertiary/aromatic N) is 2. The molecule has 14 heavy (non-hydrogen) atoms. The van der Waals surface area contributed by atoms with E-state index in [0.29, 0.717) is 10.3 Å². The van der Waals surface area contributed by atoms with Crippen molar-refractivity contribution in [1.82, 2.24) is 9.97 Å². The number of aromatic nitrogens is 2. The molecule has 0 aliphatic heterocycles. The highest BCUT2D eigenvalue weighted by Gasteiger charge is 1.87. The third-order valence-corrected chi connectivity index (χ3v) is 2.81. The molecule has 0 saturated heterocycles. The van der Waals surface area contributed by atoms with Crippen LogP contribution in [0.5, 0.6) is 0 Å². The molecule has 0 aliphatic carbocycles. The summed E-state index contributed by atoms with van der Waals surface area (Å²) in [5.41, 5.74) is 11.6. The van der Waals surface area contributed by atoms with Gasteiger partial charge in [-0.25, -0.2) is 9.97 Å². The van der Waals surface area contributed by atoms with Crippen LogP contribution in [0.4, 0.5) is 10.3 Å². The summed E-state index contributed by atoms with van der Waals surface area (Å²) >= 11 is 2.98. The molecule has 4 nitrogen and oxygen atoms in total. The van der Waals surface area contributed by atoms with E-state index in [1.807, 2.05) is 19.2 Å². The Balaban J connectivity index is 0.000000140. The van der Waals surface area contributed by atoms with E-state index in [4.69, 9.17) is 11.5 Å². The van der Waals surface area contributed by atoms with Crippen LogP contribution in [0.2, 0.25) is 0 Å². The van der Waals surface area contributed by atoms with Crippen LogP contribution < -0.4 is 11.5 Å². The molecule has 0 fully saturated rings. The van der Waals surface area contributed by atoms with E-state index in [-0.39, 0.29) is 0 Å². The van der Waals surface area contributed by atoms with Crippen molar-refractivity contribution in [3.05, 3.63) is 22.1 Å². The molecule has 2 rings (SSSR count). The summed E-state index contributed by atoms with van der Waals surface area (Å²) in [7, 11) is 0. The zero-order chi connectivity index (χ0) is 10.6. The van der Waals surface area contributed by atoms with Crippen LogP contribution in [0.1, 0.15) is 10.6 Å². The van der Waals surface area contributed by atoms with Crippen LogP contribution in [0.3, 0.4) is 0 Å². The number of anilines is 2. The Morgan fingerprint density at radius 2 is 1.93 bits per heavy atom. The van der Waals surface area contributed by atoms with Crippen molar-refractivity contribution in [3.8, 4) is 0 Å². The minimum Gasteiger partial charge on any atom is -0.375 e. The standard InChI is InChI=1S/2C4H6N2S/c1-3-2-7-4(5)6-3;1-3-2-6-4(5)7-3/h2*2H,1H3,(H2,5,6). The molecule has 0 aliphatic rings. The topological polar surface area (TPSA) is 77.8 Å². The van der Waals surface area contributed by atoms with E-state index in [9.17, 15) is 0 Å². The molecule has 6 heteroatoms. The highest BCUT2D eigenvalue weighted by Crippen LogP contribution is 2.11. The number of aryl methyl sites for hydroxylation is 2. The molecule has 0 amide bonds. The average molecular weight is 228 g/mol. The van der Waals surface area contributed by atoms with Crippen molar-refractivity contribution in [3.63, 3.8) is 0 Å². The molecule has 2 aromatic rings. The van der Waals surface area contributed by atoms with E-state index in [1.54, 1.807) is 6.20 Å². The zero-order valence-corrected chi connectivity index (χ0v) is 9.65. The minimum absolute atomic E-state index is 0.650. The van der Waals surface area contributed by atoms with Crippen molar-refractivity contribution < 1.29 is 0 Å². The van der Waals surface area contributed by atoms with Crippen molar-refractivity contribution >= 4 is 32.9 Å².